The summed E-state index contributed by atoms with van der Waals surface area (Å²) in [5.41, 5.74) is 3.16. The molecule has 0 unspecified atom stereocenters. The first-order valence-corrected chi connectivity index (χ1v) is 5.46. The van der Waals surface area contributed by atoms with Crippen molar-refractivity contribution < 1.29 is 4.52 Å². The van der Waals surface area contributed by atoms with Crippen molar-refractivity contribution >= 4 is 5.88 Å². The van der Waals surface area contributed by atoms with Crippen LogP contribution < -0.4 is 5.32 Å². The van der Waals surface area contributed by atoms with Crippen molar-refractivity contribution in [3.05, 3.63) is 35.9 Å². The fraction of sp³-hybridized carbons (Fsp3) is 0.308. The van der Waals surface area contributed by atoms with Gasteiger partial charge in [0.15, 0.2) is 0 Å². The highest BCUT2D eigenvalue weighted by Crippen LogP contribution is 2.33. The fourth-order valence-corrected chi connectivity index (χ4v) is 1.82. The van der Waals surface area contributed by atoms with Crippen LogP contribution in [0.4, 0.5) is 5.88 Å². The first-order chi connectivity index (χ1) is 7.74. The molecule has 0 bridgehead atoms. The Kier molecular flexibility index (Phi) is 2.95. The molecule has 0 amide bonds. The normalized spacial score (nSPS) is 10.8. The summed E-state index contributed by atoms with van der Waals surface area (Å²) in [7, 11) is 1.85. The number of benzene rings is 1. The molecule has 1 aromatic heterocycles. The van der Waals surface area contributed by atoms with E-state index in [4.69, 9.17) is 4.52 Å². The van der Waals surface area contributed by atoms with E-state index >= 15 is 0 Å². The molecule has 0 atom stereocenters. The average molecular weight is 216 g/mol. The number of nitrogens with one attached hydrogen (secondary N) is 1. The predicted molar refractivity (Wildman–Crippen MR) is 65.6 cm³/mol. The van der Waals surface area contributed by atoms with Gasteiger partial charge in [0.05, 0.1) is 0 Å². The van der Waals surface area contributed by atoms with Gasteiger partial charge in [0.1, 0.15) is 5.69 Å². The van der Waals surface area contributed by atoms with E-state index in [1.165, 1.54) is 0 Å². The summed E-state index contributed by atoms with van der Waals surface area (Å²) in [5.74, 6) is 1.14. The lowest BCUT2D eigenvalue weighted by Gasteiger charge is -2.06. The van der Waals surface area contributed by atoms with Gasteiger partial charge in [-0.25, -0.2) is 0 Å². The third-order valence-corrected chi connectivity index (χ3v) is 2.58. The fourth-order valence-electron chi connectivity index (χ4n) is 1.82. The summed E-state index contributed by atoms with van der Waals surface area (Å²) < 4.78 is 5.30. The number of hydrogen-bond donors (Lipinski definition) is 1. The molecule has 0 fully saturated rings. The summed E-state index contributed by atoms with van der Waals surface area (Å²) in [6.45, 7) is 4.28. The minimum absolute atomic E-state index is 0.379. The molecular weight excluding hydrogens is 200 g/mol. The molecule has 0 aliphatic carbocycles. The van der Waals surface area contributed by atoms with Crippen molar-refractivity contribution in [2.24, 2.45) is 0 Å². The molecule has 2 rings (SSSR count). The number of hydrogen-bond acceptors (Lipinski definition) is 3. The monoisotopic (exact) mass is 216 g/mol. The second-order valence-electron chi connectivity index (χ2n) is 4.04. The van der Waals surface area contributed by atoms with E-state index in [9.17, 15) is 0 Å². The molecule has 16 heavy (non-hydrogen) atoms. The van der Waals surface area contributed by atoms with E-state index in [-0.39, 0.29) is 0 Å². The van der Waals surface area contributed by atoms with Crippen LogP contribution >= 0.6 is 0 Å². The second kappa shape index (κ2) is 4.39. The third-order valence-electron chi connectivity index (χ3n) is 2.58. The molecule has 0 saturated heterocycles. The van der Waals surface area contributed by atoms with Crippen LogP contribution in [0.3, 0.4) is 0 Å². The molecule has 1 N–H and O–H groups in total. The van der Waals surface area contributed by atoms with E-state index in [2.05, 4.69) is 24.3 Å². The topological polar surface area (TPSA) is 38.1 Å². The van der Waals surface area contributed by atoms with Gasteiger partial charge in [-0.2, -0.15) is 0 Å². The molecule has 0 spiro atoms. The van der Waals surface area contributed by atoms with Crippen LogP contribution in [0.2, 0.25) is 0 Å². The zero-order valence-corrected chi connectivity index (χ0v) is 9.82. The first kappa shape index (κ1) is 10.7. The summed E-state index contributed by atoms with van der Waals surface area (Å²) in [5, 5.41) is 7.18. The predicted octanol–water partition coefficient (Wildman–Crippen LogP) is 3.51. The van der Waals surface area contributed by atoms with E-state index in [0.29, 0.717) is 5.92 Å². The van der Waals surface area contributed by atoms with E-state index < -0.39 is 0 Å². The van der Waals surface area contributed by atoms with Crippen molar-refractivity contribution in [3.8, 4) is 11.3 Å². The lowest BCUT2D eigenvalue weighted by Crippen LogP contribution is -1.95. The summed E-state index contributed by atoms with van der Waals surface area (Å²) in [6, 6.07) is 10.1. The van der Waals surface area contributed by atoms with Crippen LogP contribution in [0.15, 0.2) is 34.9 Å². The van der Waals surface area contributed by atoms with Crippen LogP contribution in [0.25, 0.3) is 11.3 Å². The lowest BCUT2D eigenvalue weighted by atomic mass is 9.99. The largest absolute Gasteiger partial charge is 0.357 e. The van der Waals surface area contributed by atoms with Crippen LogP contribution in [-0.4, -0.2) is 12.2 Å². The van der Waals surface area contributed by atoms with E-state index in [1.807, 2.05) is 37.4 Å². The second-order valence-corrected chi connectivity index (χ2v) is 4.04. The van der Waals surface area contributed by atoms with E-state index in [1.54, 1.807) is 0 Å². The van der Waals surface area contributed by atoms with Gasteiger partial charge >= 0.3 is 0 Å². The summed E-state index contributed by atoms with van der Waals surface area (Å²) in [4.78, 5) is 0. The van der Waals surface area contributed by atoms with Gasteiger partial charge in [-0.3, -0.25) is 0 Å². The standard InChI is InChI=1S/C13H16N2O/c1-9(2)11-12(15-16-13(11)14-3)10-7-5-4-6-8-10/h4-9,14H,1-3H3. The molecule has 0 radical (unpaired) electrons. The molecule has 84 valence electrons. The summed E-state index contributed by atoms with van der Waals surface area (Å²) >= 11 is 0. The van der Waals surface area contributed by atoms with Crippen molar-refractivity contribution in [1.82, 2.24) is 5.16 Å². The first-order valence-electron chi connectivity index (χ1n) is 5.46. The molecule has 3 nitrogen and oxygen atoms in total. The Morgan fingerprint density at radius 2 is 1.88 bits per heavy atom. The zero-order valence-electron chi connectivity index (χ0n) is 9.82. The average Bonchev–Trinajstić information content (AvgIpc) is 2.73. The van der Waals surface area contributed by atoms with Gasteiger partial charge in [0, 0.05) is 18.2 Å². The highest BCUT2D eigenvalue weighted by molar-refractivity contribution is 5.68. The van der Waals surface area contributed by atoms with Crippen LogP contribution in [0.1, 0.15) is 25.3 Å². The van der Waals surface area contributed by atoms with Gasteiger partial charge in [0.2, 0.25) is 5.88 Å². The molecular formula is C13H16N2O. The number of aromatic nitrogens is 1. The maximum absolute atomic E-state index is 5.30. The molecule has 0 saturated carbocycles. The molecule has 0 aliphatic rings. The highest BCUT2D eigenvalue weighted by Gasteiger charge is 2.18. The Morgan fingerprint density at radius 1 is 1.19 bits per heavy atom. The Labute approximate surface area is 95.5 Å². The molecule has 0 aliphatic heterocycles. The Bertz CT molecular complexity index is 460. The van der Waals surface area contributed by atoms with Gasteiger partial charge in [-0.05, 0) is 5.92 Å². The third kappa shape index (κ3) is 1.81. The Hall–Kier alpha value is -1.77. The number of rotatable bonds is 3. The lowest BCUT2D eigenvalue weighted by molar-refractivity contribution is 0.435. The van der Waals surface area contributed by atoms with Gasteiger partial charge < -0.3 is 9.84 Å². The van der Waals surface area contributed by atoms with Crippen molar-refractivity contribution in [2.75, 3.05) is 12.4 Å². The van der Waals surface area contributed by atoms with E-state index in [0.717, 1.165) is 22.7 Å². The minimum atomic E-state index is 0.379. The molecule has 1 heterocycles. The Morgan fingerprint density at radius 3 is 2.44 bits per heavy atom. The minimum Gasteiger partial charge on any atom is -0.357 e. The van der Waals surface area contributed by atoms with Gasteiger partial charge in [-0.15, -0.1) is 0 Å². The quantitative estimate of drug-likeness (QED) is 0.853. The maximum atomic E-state index is 5.30. The number of nitrogens with zero attached hydrogens (tertiary/aromatic N) is 1. The smallest absolute Gasteiger partial charge is 0.228 e. The van der Waals surface area contributed by atoms with Crippen LogP contribution in [0.5, 0.6) is 0 Å². The molecule has 3 heteroatoms. The maximum Gasteiger partial charge on any atom is 0.228 e. The molecule has 1 aromatic carbocycles. The van der Waals surface area contributed by atoms with Crippen molar-refractivity contribution in [2.45, 2.75) is 19.8 Å². The number of anilines is 1. The van der Waals surface area contributed by atoms with Crippen LogP contribution in [-0.2, 0) is 0 Å². The van der Waals surface area contributed by atoms with Crippen molar-refractivity contribution in [1.29, 1.82) is 0 Å². The SMILES string of the molecule is CNc1onc(-c2ccccc2)c1C(C)C. The van der Waals surface area contributed by atoms with Gasteiger partial charge in [-0.1, -0.05) is 49.3 Å². The summed E-state index contributed by atoms with van der Waals surface area (Å²) in [6.07, 6.45) is 0. The van der Waals surface area contributed by atoms with Gasteiger partial charge in [0.25, 0.3) is 0 Å². The van der Waals surface area contributed by atoms with Crippen LogP contribution in [0, 0.1) is 0 Å². The van der Waals surface area contributed by atoms with Crippen molar-refractivity contribution in [3.63, 3.8) is 0 Å². The zero-order chi connectivity index (χ0) is 11.5. The Balaban J connectivity index is 2.53. The highest BCUT2D eigenvalue weighted by atomic mass is 16.5. The molecule has 2 aromatic rings.